The van der Waals surface area contributed by atoms with Gasteiger partial charge < -0.3 is 5.32 Å². The van der Waals surface area contributed by atoms with E-state index in [1.807, 2.05) is 24.3 Å². The Morgan fingerprint density at radius 1 is 1.20 bits per heavy atom. The van der Waals surface area contributed by atoms with Crippen molar-refractivity contribution in [3.63, 3.8) is 0 Å². The topological polar surface area (TPSA) is 54.9 Å². The lowest BCUT2D eigenvalue weighted by molar-refractivity contribution is 0.0952. The van der Waals surface area contributed by atoms with E-state index in [1.54, 1.807) is 18.6 Å². The third kappa shape index (κ3) is 3.20. The Morgan fingerprint density at radius 3 is 2.65 bits per heavy atom. The molecule has 1 N–H and O–H groups in total. The molecule has 0 atom stereocenters. The van der Waals surface area contributed by atoms with Crippen molar-refractivity contribution in [3.05, 3.63) is 48.4 Å². The van der Waals surface area contributed by atoms with E-state index in [-0.39, 0.29) is 5.91 Å². The molecule has 0 aromatic carbocycles. The van der Waals surface area contributed by atoms with Gasteiger partial charge in [0.25, 0.3) is 5.91 Å². The number of pyridine rings is 2. The molecule has 20 heavy (non-hydrogen) atoms. The molecule has 1 fully saturated rings. The summed E-state index contributed by atoms with van der Waals surface area (Å²) in [6.45, 7) is 0.760. The van der Waals surface area contributed by atoms with Gasteiger partial charge in [0, 0.05) is 30.7 Å². The minimum Gasteiger partial charge on any atom is -0.352 e. The number of rotatable bonds is 5. The molecule has 4 heteroatoms. The molecular weight excluding hydrogens is 250 g/mol. The second-order valence-electron chi connectivity index (χ2n) is 5.16. The lowest BCUT2D eigenvalue weighted by Crippen LogP contribution is -2.24. The van der Waals surface area contributed by atoms with Gasteiger partial charge in [-0.2, -0.15) is 0 Å². The van der Waals surface area contributed by atoms with Gasteiger partial charge in [-0.1, -0.05) is 12.8 Å². The van der Waals surface area contributed by atoms with Gasteiger partial charge in [0.1, 0.15) is 0 Å². The van der Waals surface area contributed by atoms with Crippen molar-refractivity contribution < 1.29 is 4.79 Å². The number of nitrogens with one attached hydrogen (secondary N) is 1. The van der Waals surface area contributed by atoms with E-state index in [0.29, 0.717) is 5.56 Å². The van der Waals surface area contributed by atoms with Gasteiger partial charge in [-0.25, -0.2) is 0 Å². The first-order valence-corrected chi connectivity index (χ1v) is 6.97. The molecule has 102 valence electrons. The number of hydrogen-bond donors (Lipinski definition) is 1. The Hall–Kier alpha value is -2.23. The highest BCUT2D eigenvalue weighted by molar-refractivity contribution is 5.94. The van der Waals surface area contributed by atoms with Crippen LogP contribution in [0.5, 0.6) is 0 Å². The highest BCUT2D eigenvalue weighted by Crippen LogP contribution is 2.31. The predicted octanol–water partition coefficient (Wildman–Crippen LogP) is 2.67. The van der Waals surface area contributed by atoms with Gasteiger partial charge in [-0.3, -0.25) is 14.8 Å². The summed E-state index contributed by atoms with van der Waals surface area (Å²) in [4.78, 5) is 20.2. The molecule has 1 aliphatic carbocycles. The molecule has 0 saturated heterocycles. The van der Waals surface area contributed by atoms with E-state index < -0.39 is 0 Å². The van der Waals surface area contributed by atoms with Crippen LogP contribution in [0.4, 0.5) is 0 Å². The van der Waals surface area contributed by atoms with Gasteiger partial charge in [0.15, 0.2) is 0 Å². The number of hydrogen-bond acceptors (Lipinski definition) is 3. The Morgan fingerprint density at radius 2 is 2.00 bits per heavy atom. The average molecular weight is 267 g/mol. The van der Waals surface area contributed by atoms with E-state index >= 15 is 0 Å². The lowest BCUT2D eigenvalue weighted by atomic mass is 10.1. The van der Waals surface area contributed by atoms with Crippen molar-refractivity contribution in [2.24, 2.45) is 5.92 Å². The molecule has 2 aromatic rings. The van der Waals surface area contributed by atoms with Crippen molar-refractivity contribution in [1.82, 2.24) is 15.3 Å². The fourth-order valence-electron chi connectivity index (χ4n) is 2.12. The van der Waals surface area contributed by atoms with Crippen LogP contribution in [0.3, 0.4) is 0 Å². The Balaban J connectivity index is 1.61. The summed E-state index contributed by atoms with van der Waals surface area (Å²) in [5.41, 5.74) is 2.46. The number of nitrogens with zero attached hydrogens (tertiary/aromatic N) is 2. The zero-order valence-corrected chi connectivity index (χ0v) is 11.2. The monoisotopic (exact) mass is 267 g/mol. The van der Waals surface area contributed by atoms with Crippen LogP contribution in [-0.2, 0) is 0 Å². The highest BCUT2D eigenvalue weighted by atomic mass is 16.1. The smallest absolute Gasteiger partial charge is 0.252 e. The molecule has 1 amide bonds. The third-order valence-corrected chi connectivity index (χ3v) is 3.54. The van der Waals surface area contributed by atoms with Crippen LogP contribution in [0.15, 0.2) is 42.9 Å². The van der Waals surface area contributed by atoms with Crippen LogP contribution in [0.25, 0.3) is 11.3 Å². The number of carbonyl (C=O) groups excluding carboxylic acids is 1. The molecule has 1 saturated carbocycles. The molecule has 0 bridgehead atoms. The zero-order valence-electron chi connectivity index (χ0n) is 11.2. The molecular formula is C16H17N3O. The van der Waals surface area contributed by atoms with Crippen molar-refractivity contribution in [2.75, 3.05) is 6.54 Å². The van der Waals surface area contributed by atoms with Gasteiger partial charge in [-0.05, 0) is 36.6 Å². The molecule has 3 rings (SSSR count). The molecule has 0 unspecified atom stereocenters. The molecule has 0 aliphatic heterocycles. The zero-order chi connectivity index (χ0) is 13.8. The second kappa shape index (κ2) is 5.82. The van der Waals surface area contributed by atoms with Crippen molar-refractivity contribution >= 4 is 5.91 Å². The quantitative estimate of drug-likeness (QED) is 0.906. The van der Waals surface area contributed by atoms with E-state index in [9.17, 15) is 4.79 Å². The van der Waals surface area contributed by atoms with E-state index in [4.69, 9.17) is 0 Å². The Bertz CT molecular complexity index is 576. The molecule has 0 radical (unpaired) electrons. The first-order valence-electron chi connectivity index (χ1n) is 6.97. The van der Waals surface area contributed by atoms with Crippen LogP contribution >= 0.6 is 0 Å². The van der Waals surface area contributed by atoms with Crippen LogP contribution in [0.1, 0.15) is 29.6 Å². The highest BCUT2D eigenvalue weighted by Gasteiger charge is 2.20. The van der Waals surface area contributed by atoms with Crippen LogP contribution < -0.4 is 5.32 Å². The SMILES string of the molecule is O=C(NCCC1CC1)c1ccc(-c2ccncc2)nc1. The van der Waals surface area contributed by atoms with Crippen LogP contribution in [-0.4, -0.2) is 22.4 Å². The van der Waals surface area contributed by atoms with Gasteiger partial charge in [-0.15, -0.1) is 0 Å². The number of carbonyl (C=O) groups is 1. The minimum atomic E-state index is -0.0422. The molecule has 2 aromatic heterocycles. The van der Waals surface area contributed by atoms with Crippen molar-refractivity contribution in [2.45, 2.75) is 19.3 Å². The summed E-state index contributed by atoms with van der Waals surface area (Å²) < 4.78 is 0. The minimum absolute atomic E-state index is 0.0422. The van der Waals surface area contributed by atoms with E-state index in [2.05, 4.69) is 15.3 Å². The molecule has 1 aliphatic rings. The maximum Gasteiger partial charge on any atom is 0.252 e. The first kappa shape index (κ1) is 12.8. The normalized spacial score (nSPS) is 14.0. The summed E-state index contributed by atoms with van der Waals surface area (Å²) in [6.07, 6.45) is 8.82. The summed E-state index contributed by atoms with van der Waals surface area (Å²) >= 11 is 0. The summed E-state index contributed by atoms with van der Waals surface area (Å²) in [6, 6.07) is 7.48. The average Bonchev–Trinajstić information content (AvgIpc) is 3.32. The Labute approximate surface area is 118 Å². The second-order valence-corrected chi connectivity index (χ2v) is 5.16. The first-order chi connectivity index (χ1) is 9.83. The van der Waals surface area contributed by atoms with Gasteiger partial charge in [0.2, 0.25) is 0 Å². The maximum absolute atomic E-state index is 11.9. The largest absolute Gasteiger partial charge is 0.352 e. The van der Waals surface area contributed by atoms with Gasteiger partial charge >= 0.3 is 0 Å². The fraction of sp³-hybridized carbons (Fsp3) is 0.312. The summed E-state index contributed by atoms with van der Waals surface area (Å²) in [7, 11) is 0. The Kier molecular flexibility index (Phi) is 3.72. The van der Waals surface area contributed by atoms with Crippen molar-refractivity contribution in [3.8, 4) is 11.3 Å². The van der Waals surface area contributed by atoms with Crippen LogP contribution in [0, 0.1) is 5.92 Å². The summed E-state index contributed by atoms with van der Waals surface area (Å²) in [5.74, 6) is 0.793. The van der Waals surface area contributed by atoms with E-state index in [0.717, 1.165) is 30.1 Å². The standard InChI is InChI=1S/C16H17N3O/c20-16(18-10-5-12-1-2-12)14-3-4-15(19-11-14)13-6-8-17-9-7-13/h3-4,6-9,11-12H,1-2,5,10H2,(H,18,20). The van der Waals surface area contributed by atoms with Crippen LogP contribution in [0.2, 0.25) is 0 Å². The number of amides is 1. The molecule has 0 spiro atoms. The van der Waals surface area contributed by atoms with E-state index in [1.165, 1.54) is 12.8 Å². The molecule has 4 nitrogen and oxygen atoms in total. The summed E-state index contributed by atoms with van der Waals surface area (Å²) in [5, 5.41) is 2.94. The number of aromatic nitrogens is 2. The third-order valence-electron chi connectivity index (χ3n) is 3.54. The molecule has 2 heterocycles. The predicted molar refractivity (Wildman–Crippen MR) is 77.1 cm³/mol. The lowest BCUT2D eigenvalue weighted by Gasteiger charge is -2.05. The van der Waals surface area contributed by atoms with Crippen molar-refractivity contribution in [1.29, 1.82) is 0 Å². The maximum atomic E-state index is 11.9. The van der Waals surface area contributed by atoms with Gasteiger partial charge in [0.05, 0.1) is 11.3 Å². The fourth-order valence-corrected chi connectivity index (χ4v) is 2.12.